The molecule has 0 unspecified atom stereocenters. The zero-order valence-corrected chi connectivity index (χ0v) is 20.9. The van der Waals surface area contributed by atoms with Crippen LogP contribution in [-0.4, -0.2) is 44.0 Å². The minimum Gasteiger partial charge on any atom is -0.457 e. The third-order valence-corrected chi connectivity index (χ3v) is 5.51. The number of aryl methyl sites for hydroxylation is 1. The van der Waals surface area contributed by atoms with Gasteiger partial charge in [0, 0.05) is 45.7 Å². The highest BCUT2D eigenvalue weighted by atomic mass is 127. The maximum Gasteiger partial charge on any atom is 0.220 e. The number of halogens is 1. The summed E-state index contributed by atoms with van der Waals surface area (Å²) in [5, 5.41) is 6.20. The van der Waals surface area contributed by atoms with E-state index in [9.17, 15) is 4.79 Å². The first-order valence-corrected chi connectivity index (χ1v) is 10.6. The van der Waals surface area contributed by atoms with E-state index < -0.39 is 0 Å². The standard InChI is InChI=1S/C24H32N4O2.HI/c1-18-7-6-9-21(15-18)30-22-10-5-4-8-20(22)17-27-24(26-3)28-13-11-19(12-14-28)16-23(29)25-2;/h4-10,15,19H,11-14,16-17H2,1-3H3,(H,25,29)(H,26,27);1H. The largest absolute Gasteiger partial charge is 0.457 e. The van der Waals surface area contributed by atoms with E-state index >= 15 is 0 Å². The monoisotopic (exact) mass is 536 g/mol. The lowest BCUT2D eigenvalue weighted by Crippen LogP contribution is -2.45. The van der Waals surface area contributed by atoms with Crippen molar-refractivity contribution in [1.29, 1.82) is 0 Å². The molecule has 0 spiro atoms. The van der Waals surface area contributed by atoms with Crippen molar-refractivity contribution in [2.24, 2.45) is 10.9 Å². The number of carbonyl (C=O) groups excluding carboxylic acids is 1. The SMILES string of the molecule is CN=C(NCc1ccccc1Oc1cccc(C)c1)N1CCC(CC(=O)NC)CC1.I. The second-order valence-electron chi connectivity index (χ2n) is 7.73. The van der Waals surface area contributed by atoms with Gasteiger partial charge in [-0.05, 0) is 49.4 Å². The summed E-state index contributed by atoms with van der Waals surface area (Å²) in [7, 11) is 3.51. The number of ether oxygens (including phenoxy) is 1. The van der Waals surface area contributed by atoms with Crippen molar-refractivity contribution in [3.8, 4) is 11.5 Å². The molecule has 1 aliphatic heterocycles. The lowest BCUT2D eigenvalue weighted by atomic mass is 9.93. The summed E-state index contributed by atoms with van der Waals surface area (Å²) in [5.41, 5.74) is 2.25. The number of hydrogen-bond donors (Lipinski definition) is 2. The smallest absolute Gasteiger partial charge is 0.220 e. The maximum atomic E-state index is 11.6. The summed E-state index contributed by atoms with van der Waals surface area (Å²) in [6, 6.07) is 16.1. The number of guanidine groups is 1. The van der Waals surface area contributed by atoms with E-state index in [0.29, 0.717) is 18.9 Å². The van der Waals surface area contributed by atoms with Gasteiger partial charge >= 0.3 is 0 Å². The third kappa shape index (κ3) is 7.41. The van der Waals surface area contributed by atoms with Crippen LogP contribution in [0.5, 0.6) is 11.5 Å². The predicted molar refractivity (Wildman–Crippen MR) is 136 cm³/mol. The molecule has 7 heteroatoms. The molecule has 1 heterocycles. The molecular weight excluding hydrogens is 503 g/mol. The van der Waals surface area contributed by atoms with Crippen molar-refractivity contribution in [3.63, 3.8) is 0 Å². The first-order chi connectivity index (χ1) is 14.6. The summed E-state index contributed by atoms with van der Waals surface area (Å²) < 4.78 is 6.13. The molecule has 6 nitrogen and oxygen atoms in total. The van der Waals surface area contributed by atoms with Gasteiger partial charge in [-0.3, -0.25) is 9.79 Å². The van der Waals surface area contributed by atoms with E-state index in [1.807, 2.05) is 43.4 Å². The molecule has 0 radical (unpaired) electrons. The van der Waals surface area contributed by atoms with Gasteiger partial charge in [-0.25, -0.2) is 0 Å². The summed E-state index contributed by atoms with van der Waals surface area (Å²) >= 11 is 0. The first kappa shape index (κ1) is 25.0. The Morgan fingerprint density at radius 3 is 2.58 bits per heavy atom. The van der Waals surface area contributed by atoms with Crippen LogP contribution in [0.3, 0.4) is 0 Å². The Morgan fingerprint density at radius 2 is 1.90 bits per heavy atom. The van der Waals surface area contributed by atoms with Crippen LogP contribution in [0.15, 0.2) is 53.5 Å². The van der Waals surface area contributed by atoms with Gasteiger partial charge in [0.15, 0.2) is 5.96 Å². The van der Waals surface area contributed by atoms with Crippen molar-refractivity contribution in [1.82, 2.24) is 15.5 Å². The van der Waals surface area contributed by atoms with Gasteiger partial charge in [-0.2, -0.15) is 0 Å². The molecule has 168 valence electrons. The van der Waals surface area contributed by atoms with Gasteiger partial charge in [0.2, 0.25) is 5.91 Å². The second kappa shape index (κ2) is 12.5. The van der Waals surface area contributed by atoms with Crippen molar-refractivity contribution in [2.75, 3.05) is 27.2 Å². The number of aliphatic imine (C=N–C) groups is 1. The van der Waals surface area contributed by atoms with Crippen LogP contribution in [0.1, 0.15) is 30.4 Å². The number of nitrogens with zero attached hydrogens (tertiary/aromatic N) is 2. The molecule has 2 aromatic rings. The number of amides is 1. The molecule has 1 saturated heterocycles. The van der Waals surface area contributed by atoms with E-state index in [2.05, 4.69) is 39.6 Å². The molecular formula is C24H33IN4O2. The molecule has 31 heavy (non-hydrogen) atoms. The van der Waals surface area contributed by atoms with Crippen LogP contribution in [0, 0.1) is 12.8 Å². The molecule has 2 aromatic carbocycles. The highest BCUT2D eigenvalue weighted by Crippen LogP contribution is 2.26. The van der Waals surface area contributed by atoms with Gasteiger partial charge in [0.25, 0.3) is 0 Å². The zero-order valence-electron chi connectivity index (χ0n) is 18.6. The Labute approximate surface area is 202 Å². The molecule has 1 fully saturated rings. The van der Waals surface area contributed by atoms with Gasteiger partial charge in [0.1, 0.15) is 11.5 Å². The summed E-state index contributed by atoms with van der Waals surface area (Å²) in [6.07, 6.45) is 2.61. The van der Waals surface area contributed by atoms with E-state index in [-0.39, 0.29) is 29.9 Å². The number of nitrogens with one attached hydrogen (secondary N) is 2. The fraction of sp³-hybridized carbons (Fsp3) is 0.417. The van der Waals surface area contributed by atoms with Crippen LogP contribution in [0.2, 0.25) is 0 Å². The molecule has 1 aliphatic rings. The number of piperidine rings is 1. The van der Waals surface area contributed by atoms with Gasteiger partial charge in [-0.1, -0.05) is 30.3 Å². The average Bonchev–Trinajstić information content (AvgIpc) is 2.76. The normalized spacial score (nSPS) is 14.5. The van der Waals surface area contributed by atoms with Gasteiger partial charge < -0.3 is 20.3 Å². The summed E-state index contributed by atoms with van der Waals surface area (Å²) in [5.74, 6) is 3.14. The average molecular weight is 536 g/mol. The highest BCUT2D eigenvalue weighted by Gasteiger charge is 2.23. The Kier molecular flexibility index (Phi) is 10.1. The van der Waals surface area contributed by atoms with E-state index in [1.165, 1.54) is 5.56 Å². The Balaban J connectivity index is 0.00000341. The van der Waals surface area contributed by atoms with Crippen molar-refractivity contribution < 1.29 is 9.53 Å². The van der Waals surface area contributed by atoms with E-state index in [4.69, 9.17) is 4.74 Å². The van der Waals surface area contributed by atoms with Crippen LogP contribution in [-0.2, 0) is 11.3 Å². The van der Waals surface area contributed by atoms with Crippen molar-refractivity contribution in [2.45, 2.75) is 32.7 Å². The molecule has 0 aliphatic carbocycles. The van der Waals surface area contributed by atoms with E-state index in [1.54, 1.807) is 7.05 Å². The molecule has 0 saturated carbocycles. The van der Waals surface area contributed by atoms with Gasteiger partial charge in [0.05, 0.1) is 0 Å². The molecule has 2 N–H and O–H groups in total. The number of likely N-dealkylation sites (tertiary alicyclic amines) is 1. The first-order valence-electron chi connectivity index (χ1n) is 10.6. The highest BCUT2D eigenvalue weighted by molar-refractivity contribution is 14.0. The fourth-order valence-corrected chi connectivity index (χ4v) is 3.77. The molecule has 0 bridgehead atoms. The third-order valence-electron chi connectivity index (χ3n) is 5.51. The van der Waals surface area contributed by atoms with Crippen LogP contribution in [0.4, 0.5) is 0 Å². The number of benzene rings is 2. The minimum absolute atomic E-state index is 0. The van der Waals surface area contributed by atoms with Crippen LogP contribution in [0.25, 0.3) is 0 Å². The lowest BCUT2D eigenvalue weighted by Gasteiger charge is -2.34. The molecule has 3 rings (SSSR count). The quantitative estimate of drug-likeness (QED) is 0.328. The Morgan fingerprint density at radius 1 is 1.16 bits per heavy atom. The summed E-state index contributed by atoms with van der Waals surface area (Å²) in [4.78, 5) is 18.4. The van der Waals surface area contributed by atoms with E-state index in [0.717, 1.165) is 49.0 Å². The zero-order chi connectivity index (χ0) is 21.3. The number of rotatable bonds is 6. The minimum atomic E-state index is 0. The Hall–Kier alpha value is -2.29. The van der Waals surface area contributed by atoms with Crippen molar-refractivity contribution in [3.05, 3.63) is 59.7 Å². The second-order valence-corrected chi connectivity index (χ2v) is 7.73. The lowest BCUT2D eigenvalue weighted by molar-refractivity contribution is -0.121. The Bertz CT molecular complexity index is 879. The van der Waals surface area contributed by atoms with Gasteiger partial charge in [-0.15, -0.1) is 24.0 Å². The fourth-order valence-electron chi connectivity index (χ4n) is 3.77. The van der Waals surface area contributed by atoms with Crippen LogP contribution >= 0.6 is 24.0 Å². The molecule has 0 aromatic heterocycles. The van der Waals surface area contributed by atoms with Crippen molar-refractivity contribution >= 4 is 35.8 Å². The molecule has 0 atom stereocenters. The van der Waals surface area contributed by atoms with Crippen LogP contribution < -0.4 is 15.4 Å². The topological polar surface area (TPSA) is 66.0 Å². The molecule has 1 amide bonds. The maximum absolute atomic E-state index is 11.6. The number of para-hydroxylation sites is 1. The predicted octanol–water partition coefficient (Wildman–Crippen LogP) is 4.33. The number of carbonyl (C=O) groups is 1. The number of hydrogen-bond acceptors (Lipinski definition) is 3. The summed E-state index contributed by atoms with van der Waals surface area (Å²) in [6.45, 7) is 4.50.